The van der Waals surface area contributed by atoms with Crippen molar-refractivity contribution in [2.24, 2.45) is 5.73 Å². The molecule has 6 aromatic heterocycles. The van der Waals surface area contributed by atoms with E-state index in [0.717, 1.165) is 127 Å². The summed E-state index contributed by atoms with van der Waals surface area (Å²) in [4.78, 5) is 50.6. The number of carbonyl (C=O) groups excluding carboxylic acids is 1. The van der Waals surface area contributed by atoms with Gasteiger partial charge in [0.15, 0.2) is 0 Å². The van der Waals surface area contributed by atoms with Crippen molar-refractivity contribution in [2.75, 3.05) is 73.6 Å². The van der Waals surface area contributed by atoms with Gasteiger partial charge in [-0.3, -0.25) is 24.6 Å². The summed E-state index contributed by atoms with van der Waals surface area (Å²) < 4.78 is 4.08. The lowest BCUT2D eigenvalue weighted by molar-refractivity contribution is 0.0684. The Bertz CT molecular complexity index is 3120. The van der Waals surface area contributed by atoms with Gasteiger partial charge in [-0.05, 0) is 121 Å². The molecule has 17 nitrogen and oxygen atoms in total. The number of carboxylic acid groups (broad SMARTS) is 1. The van der Waals surface area contributed by atoms with E-state index < -0.39 is 5.97 Å². The zero-order chi connectivity index (χ0) is 51.4. The molecule has 1 amide bonds. The second-order valence-electron chi connectivity index (χ2n) is 18.4. The third kappa shape index (κ3) is 12.4. The van der Waals surface area contributed by atoms with Crippen molar-refractivity contribution in [3.8, 4) is 0 Å². The predicted molar refractivity (Wildman–Crippen MR) is 291 cm³/mol. The van der Waals surface area contributed by atoms with Crippen LogP contribution in [0, 0.1) is 13.8 Å². The molecule has 8 N–H and O–H groups in total. The Morgan fingerprint density at radius 3 is 1.47 bits per heavy atom. The van der Waals surface area contributed by atoms with Gasteiger partial charge in [0.2, 0.25) is 0 Å². The number of nitrogens with two attached hydrogens (primary N) is 3. The molecule has 0 bridgehead atoms. The second-order valence-corrected chi connectivity index (χ2v) is 18.4. The summed E-state index contributed by atoms with van der Waals surface area (Å²) in [5, 5.41) is 16.5. The fourth-order valence-electron chi connectivity index (χ4n) is 9.83. The van der Waals surface area contributed by atoms with E-state index >= 15 is 0 Å². The molecule has 0 atom stereocenters. The fourth-order valence-corrected chi connectivity index (χ4v) is 9.83. The van der Waals surface area contributed by atoms with Crippen LogP contribution in [0.5, 0.6) is 0 Å². The number of aromatic carboxylic acids is 1. The van der Waals surface area contributed by atoms with E-state index in [-0.39, 0.29) is 5.91 Å². The van der Waals surface area contributed by atoms with E-state index in [4.69, 9.17) is 17.2 Å². The summed E-state index contributed by atoms with van der Waals surface area (Å²) in [6, 6.07) is 27.9. The molecule has 0 spiro atoms. The number of fused-ring (bicyclic) bond motifs is 2. The monoisotopic (exact) mass is 985 g/mol. The van der Waals surface area contributed by atoms with Gasteiger partial charge in [0.05, 0.1) is 0 Å². The zero-order valence-corrected chi connectivity index (χ0v) is 42.4. The van der Waals surface area contributed by atoms with Gasteiger partial charge < -0.3 is 46.6 Å². The van der Waals surface area contributed by atoms with E-state index in [1.165, 1.54) is 17.1 Å². The molecule has 380 valence electrons. The number of anilines is 4. The molecule has 2 saturated heterocycles. The second kappa shape index (κ2) is 24.0. The number of carbonyl (C=O) groups is 2. The maximum atomic E-state index is 13.2. The fraction of sp³-hybridized carbons (Fsp3) is 0.321. The normalized spacial score (nSPS) is 14.1. The molecule has 2 aliphatic heterocycles. The first kappa shape index (κ1) is 51.5. The Morgan fingerprint density at radius 1 is 0.575 bits per heavy atom. The lowest BCUT2D eigenvalue weighted by atomic mass is 10.1. The highest BCUT2D eigenvalue weighted by Gasteiger charge is 2.24. The maximum absolute atomic E-state index is 13.2. The molecular formula is C56H68N14O3. The molecule has 10 rings (SSSR count). The van der Waals surface area contributed by atoms with Crippen molar-refractivity contribution >= 4 is 56.4 Å². The number of hydrogen-bond acceptors (Lipinski definition) is 13. The maximum Gasteiger partial charge on any atom is 0.352 e. The minimum absolute atomic E-state index is 0.0527. The van der Waals surface area contributed by atoms with Crippen molar-refractivity contribution in [3.05, 3.63) is 167 Å². The van der Waals surface area contributed by atoms with Crippen molar-refractivity contribution in [2.45, 2.75) is 67.0 Å². The first-order valence-electron chi connectivity index (χ1n) is 25.0. The minimum Gasteiger partial charge on any atom is -0.477 e. The molecule has 8 aromatic rings. The molecule has 0 unspecified atom stereocenters. The molecule has 0 aliphatic carbocycles. The van der Waals surface area contributed by atoms with E-state index in [9.17, 15) is 14.7 Å². The average Bonchev–Trinajstić information content (AvgIpc) is 3.92. The van der Waals surface area contributed by atoms with Gasteiger partial charge in [-0.1, -0.05) is 24.3 Å². The van der Waals surface area contributed by atoms with Gasteiger partial charge >= 0.3 is 5.97 Å². The van der Waals surface area contributed by atoms with Crippen LogP contribution in [0.2, 0.25) is 0 Å². The first-order valence-corrected chi connectivity index (χ1v) is 25.0. The Labute approximate surface area is 427 Å². The standard InChI is InChI=1S/C28H33N7O.C18H24N4O2.C10H11N3/c1-3-35-25(28(36)32-18-21-4-5-24-22(17-21)6-11-31-27(24)29)16-20(2)26(35)19-33-12-14-34(15-13-33)23-7-9-30-10-8-23;1-3-22-16(18(23)24)12-14(2)17(22)13-20-8-10-21(11-9-20)15-4-6-19-7-5-15;11-6-7-1-2-9-8(5-7)3-4-13-10(9)12/h4-11,16-17H,3,12-15,18-19H2,1-2H3,(H2,29,31)(H,32,36);4-7,12H,3,8-11,13H2,1-2H3,(H,23,24);1-5H,6,11H2,(H2,12,13). The number of benzene rings is 2. The molecule has 0 saturated carbocycles. The summed E-state index contributed by atoms with van der Waals surface area (Å²) in [5.74, 6) is 0.184. The number of aromatic nitrogens is 6. The van der Waals surface area contributed by atoms with Crippen molar-refractivity contribution in [1.82, 2.24) is 44.2 Å². The number of amides is 1. The Hall–Kier alpha value is -7.86. The Kier molecular flexibility index (Phi) is 17.0. The molecule has 8 heterocycles. The highest BCUT2D eigenvalue weighted by molar-refractivity contribution is 5.94. The summed E-state index contributed by atoms with van der Waals surface area (Å²) in [7, 11) is 0. The van der Waals surface area contributed by atoms with E-state index in [2.05, 4.69) is 81.5 Å². The quantitative estimate of drug-likeness (QED) is 0.0779. The van der Waals surface area contributed by atoms with Crippen molar-refractivity contribution < 1.29 is 14.7 Å². The first-order chi connectivity index (χ1) is 35.4. The Morgan fingerprint density at radius 2 is 1.01 bits per heavy atom. The molecule has 0 radical (unpaired) electrons. The smallest absolute Gasteiger partial charge is 0.352 e. The number of nitrogen functional groups attached to an aromatic ring is 2. The van der Waals surface area contributed by atoms with Crippen LogP contribution in [-0.4, -0.2) is 108 Å². The van der Waals surface area contributed by atoms with Crippen LogP contribution in [0.4, 0.5) is 23.0 Å². The summed E-state index contributed by atoms with van der Waals surface area (Å²) in [5.41, 5.74) is 27.4. The highest BCUT2D eigenvalue weighted by atomic mass is 16.4. The molecule has 2 aliphatic rings. The number of carboxylic acids is 1. The van der Waals surface area contributed by atoms with Crippen LogP contribution >= 0.6 is 0 Å². The lowest BCUT2D eigenvalue weighted by Gasteiger charge is -2.36. The highest BCUT2D eigenvalue weighted by Crippen LogP contribution is 2.25. The number of pyridine rings is 4. The third-order valence-electron chi connectivity index (χ3n) is 13.9. The van der Waals surface area contributed by atoms with Gasteiger partial charge in [0.25, 0.3) is 5.91 Å². The number of hydrogen-bond donors (Lipinski definition) is 5. The van der Waals surface area contributed by atoms with Crippen LogP contribution in [0.25, 0.3) is 21.5 Å². The number of piperazine rings is 2. The molecule has 73 heavy (non-hydrogen) atoms. The van der Waals surface area contributed by atoms with E-state index in [1.807, 2.05) is 104 Å². The van der Waals surface area contributed by atoms with Crippen LogP contribution in [-0.2, 0) is 39.3 Å². The number of nitrogens with zero attached hydrogens (tertiary/aromatic N) is 10. The lowest BCUT2D eigenvalue weighted by Crippen LogP contribution is -2.46. The van der Waals surface area contributed by atoms with Gasteiger partial charge in [-0.2, -0.15) is 0 Å². The number of rotatable bonds is 13. The van der Waals surface area contributed by atoms with Crippen molar-refractivity contribution in [3.63, 3.8) is 0 Å². The molecule has 2 fully saturated rings. The van der Waals surface area contributed by atoms with Gasteiger partial charge in [-0.15, -0.1) is 0 Å². The van der Waals surface area contributed by atoms with E-state index in [0.29, 0.717) is 37.0 Å². The number of nitrogens with one attached hydrogen (secondary N) is 1. The van der Waals surface area contributed by atoms with E-state index in [1.54, 1.807) is 18.5 Å². The Balaban J connectivity index is 0.000000164. The van der Waals surface area contributed by atoms with Gasteiger partial charge in [-0.25, -0.2) is 14.8 Å². The predicted octanol–water partition coefficient (Wildman–Crippen LogP) is 7.10. The SMILES string of the molecule is CCn1c(C(=O)NCc2ccc3c(N)nccc3c2)cc(C)c1CN1CCN(c2ccncc2)CC1.CCn1c(C(=O)O)cc(C)c1CN1CCN(c2ccncc2)CC1.NCc1ccc2c(N)nccc2c1. The molecule has 2 aromatic carbocycles. The summed E-state index contributed by atoms with van der Waals surface area (Å²) in [6.07, 6.45) is 10.8. The van der Waals surface area contributed by atoms with Crippen LogP contribution < -0.4 is 32.3 Å². The van der Waals surface area contributed by atoms with Gasteiger partial charge in [0, 0.05) is 162 Å². The largest absolute Gasteiger partial charge is 0.477 e. The topological polar surface area (TPSA) is 219 Å². The van der Waals surface area contributed by atoms with Crippen LogP contribution in [0.3, 0.4) is 0 Å². The van der Waals surface area contributed by atoms with Gasteiger partial charge in [0.1, 0.15) is 23.0 Å². The van der Waals surface area contributed by atoms with Crippen LogP contribution in [0.15, 0.2) is 122 Å². The third-order valence-corrected chi connectivity index (χ3v) is 13.9. The van der Waals surface area contributed by atoms with Crippen molar-refractivity contribution in [1.29, 1.82) is 0 Å². The molecule has 17 heteroatoms. The van der Waals surface area contributed by atoms with Crippen LogP contribution in [0.1, 0.15) is 68.5 Å². The minimum atomic E-state index is -0.853. The summed E-state index contributed by atoms with van der Waals surface area (Å²) >= 11 is 0. The zero-order valence-electron chi connectivity index (χ0n) is 42.4. The summed E-state index contributed by atoms with van der Waals surface area (Å²) in [6.45, 7) is 20.1. The number of aryl methyl sites for hydroxylation is 2. The molecular weight excluding hydrogens is 917 g/mol. The average molecular weight is 985 g/mol.